The van der Waals surface area contributed by atoms with Gasteiger partial charge in [0.15, 0.2) is 0 Å². The topological polar surface area (TPSA) is 24.9 Å². The molecule has 1 aromatic heterocycles. The van der Waals surface area contributed by atoms with Gasteiger partial charge in [-0.05, 0) is 25.6 Å². The van der Waals surface area contributed by atoms with Gasteiger partial charge >= 0.3 is 0 Å². The summed E-state index contributed by atoms with van der Waals surface area (Å²) in [7, 11) is 1.87. The third kappa shape index (κ3) is 3.16. The third-order valence-corrected chi connectivity index (χ3v) is 3.89. The first kappa shape index (κ1) is 14.1. The quantitative estimate of drug-likeness (QED) is 0.903. The Morgan fingerprint density at radius 2 is 2.11 bits per heavy atom. The normalized spacial score (nSPS) is 10.9. The minimum absolute atomic E-state index is 0.367. The van der Waals surface area contributed by atoms with Crippen molar-refractivity contribution in [3.63, 3.8) is 0 Å². The molecule has 0 unspecified atom stereocenters. The minimum Gasteiger partial charge on any atom is -0.315 e. The maximum atomic E-state index is 13.8. The average Bonchev–Trinajstić information content (AvgIpc) is 2.73. The highest BCUT2D eigenvalue weighted by Gasteiger charge is 2.14. The molecule has 1 heterocycles. The van der Waals surface area contributed by atoms with Crippen molar-refractivity contribution in [2.75, 3.05) is 7.05 Å². The van der Waals surface area contributed by atoms with E-state index in [-0.39, 0.29) is 0 Å². The number of hydrogen-bond acceptors (Lipinski definition) is 3. The molecule has 1 aromatic carbocycles. The highest BCUT2D eigenvalue weighted by molar-refractivity contribution is 7.15. The molecule has 19 heavy (non-hydrogen) atoms. The van der Waals surface area contributed by atoms with E-state index in [1.54, 1.807) is 0 Å². The Morgan fingerprint density at radius 1 is 1.32 bits per heavy atom. The molecule has 0 saturated carbocycles. The third-order valence-electron chi connectivity index (χ3n) is 2.76. The van der Waals surface area contributed by atoms with Crippen LogP contribution in [0, 0.1) is 11.6 Å². The average molecular weight is 282 g/mol. The van der Waals surface area contributed by atoms with E-state index in [1.165, 1.54) is 23.5 Å². The van der Waals surface area contributed by atoms with Crippen LogP contribution in [-0.4, -0.2) is 12.0 Å². The van der Waals surface area contributed by atoms with Gasteiger partial charge in [-0.1, -0.05) is 13.3 Å². The zero-order chi connectivity index (χ0) is 13.8. The van der Waals surface area contributed by atoms with Crippen LogP contribution in [0.1, 0.15) is 23.9 Å². The number of benzene rings is 1. The maximum absolute atomic E-state index is 13.8. The predicted octanol–water partition coefficient (Wildman–Crippen LogP) is 3.76. The van der Waals surface area contributed by atoms with Gasteiger partial charge in [0.2, 0.25) is 0 Å². The molecule has 2 rings (SSSR count). The van der Waals surface area contributed by atoms with Gasteiger partial charge in [0.05, 0.1) is 5.69 Å². The van der Waals surface area contributed by atoms with Crippen molar-refractivity contribution in [3.05, 3.63) is 40.4 Å². The molecule has 0 atom stereocenters. The fraction of sp³-hybridized carbons (Fsp3) is 0.357. The van der Waals surface area contributed by atoms with Gasteiger partial charge in [-0.15, -0.1) is 11.3 Å². The molecule has 2 nitrogen and oxygen atoms in total. The SMILES string of the molecule is CCCc1nc(-c2ccc(F)cc2F)sc1CNC. The summed E-state index contributed by atoms with van der Waals surface area (Å²) in [6.07, 6.45) is 1.86. The minimum atomic E-state index is -0.568. The highest BCUT2D eigenvalue weighted by Crippen LogP contribution is 2.30. The van der Waals surface area contributed by atoms with Crippen LogP contribution in [0.4, 0.5) is 8.78 Å². The van der Waals surface area contributed by atoms with Gasteiger partial charge in [0.25, 0.3) is 0 Å². The monoisotopic (exact) mass is 282 g/mol. The molecule has 102 valence electrons. The second kappa shape index (κ2) is 6.21. The molecule has 0 fully saturated rings. The molecule has 0 aliphatic carbocycles. The first-order chi connectivity index (χ1) is 9.15. The number of nitrogens with one attached hydrogen (secondary N) is 1. The second-order valence-corrected chi connectivity index (χ2v) is 5.38. The summed E-state index contributed by atoms with van der Waals surface area (Å²) in [5.41, 5.74) is 1.37. The summed E-state index contributed by atoms with van der Waals surface area (Å²) in [6, 6.07) is 3.60. The number of nitrogens with zero attached hydrogens (tertiary/aromatic N) is 1. The summed E-state index contributed by atoms with van der Waals surface area (Å²) < 4.78 is 26.7. The molecule has 0 amide bonds. The number of aryl methyl sites for hydroxylation is 1. The molecule has 1 N–H and O–H groups in total. The Bertz CT molecular complexity index is 543. The molecule has 0 aliphatic rings. The van der Waals surface area contributed by atoms with Crippen molar-refractivity contribution < 1.29 is 8.78 Å². The van der Waals surface area contributed by atoms with Crippen LogP contribution in [0.15, 0.2) is 18.2 Å². The Hall–Kier alpha value is -1.33. The van der Waals surface area contributed by atoms with E-state index in [2.05, 4.69) is 17.2 Å². The fourth-order valence-corrected chi connectivity index (χ4v) is 3.04. The van der Waals surface area contributed by atoms with E-state index in [0.29, 0.717) is 10.6 Å². The van der Waals surface area contributed by atoms with Crippen molar-refractivity contribution in [3.8, 4) is 10.6 Å². The molecular weight excluding hydrogens is 266 g/mol. The van der Waals surface area contributed by atoms with Crippen molar-refractivity contribution >= 4 is 11.3 Å². The van der Waals surface area contributed by atoms with Crippen LogP contribution < -0.4 is 5.32 Å². The van der Waals surface area contributed by atoms with E-state index in [9.17, 15) is 8.78 Å². The number of thiazole rings is 1. The van der Waals surface area contributed by atoms with Crippen LogP contribution in [0.25, 0.3) is 10.6 Å². The Morgan fingerprint density at radius 3 is 2.74 bits per heavy atom. The van der Waals surface area contributed by atoms with Crippen LogP contribution in [0.2, 0.25) is 0 Å². The lowest BCUT2D eigenvalue weighted by Crippen LogP contribution is -2.05. The van der Waals surface area contributed by atoms with Crippen molar-refractivity contribution in [1.82, 2.24) is 10.3 Å². The van der Waals surface area contributed by atoms with Crippen molar-refractivity contribution in [1.29, 1.82) is 0 Å². The molecule has 0 bridgehead atoms. The summed E-state index contributed by atoms with van der Waals surface area (Å²) in [5.74, 6) is -1.13. The van der Waals surface area contributed by atoms with Crippen molar-refractivity contribution in [2.24, 2.45) is 0 Å². The standard InChI is InChI=1S/C14H16F2N2S/c1-3-4-12-13(8-17-2)19-14(18-12)10-6-5-9(15)7-11(10)16/h5-7,17H,3-4,8H2,1-2H3. The summed E-state index contributed by atoms with van der Waals surface area (Å²) in [6.45, 7) is 2.80. The summed E-state index contributed by atoms with van der Waals surface area (Å²) in [5, 5.41) is 3.70. The van der Waals surface area contributed by atoms with Crippen LogP contribution >= 0.6 is 11.3 Å². The largest absolute Gasteiger partial charge is 0.315 e. The van der Waals surface area contributed by atoms with Crippen molar-refractivity contribution in [2.45, 2.75) is 26.3 Å². The first-order valence-electron chi connectivity index (χ1n) is 6.24. The summed E-state index contributed by atoms with van der Waals surface area (Å²) in [4.78, 5) is 5.61. The molecule has 0 spiro atoms. The fourth-order valence-electron chi connectivity index (χ4n) is 1.89. The Labute approximate surface area is 115 Å². The lowest BCUT2D eigenvalue weighted by molar-refractivity contribution is 0.585. The van der Waals surface area contributed by atoms with Crippen LogP contribution in [0.3, 0.4) is 0 Å². The summed E-state index contributed by atoms with van der Waals surface area (Å²) >= 11 is 1.46. The Kier molecular flexibility index (Phi) is 4.61. The van der Waals surface area contributed by atoms with Gasteiger partial charge in [-0.3, -0.25) is 0 Å². The predicted molar refractivity (Wildman–Crippen MR) is 74.2 cm³/mol. The lowest BCUT2D eigenvalue weighted by Gasteiger charge is -1.98. The van der Waals surface area contributed by atoms with E-state index in [4.69, 9.17) is 0 Å². The van der Waals surface area contributed by atoms with E-state index in [1.807, 2.05) is 7.05 Å². The lowest BCUT2D eigenvalue weighted by atomic mass is 10.2. The number of hydrogen-bond donors (Lipinski definition) is 1. The van der Waals surface area contributed by atoms with Gasteiger partial charge in [-0.25, -0.2) is 13.8 Å². The number of rotatable bonds is 5. The van der Waals surface area contributed by atoms with E-state index in [0.717, 1.165) is 36.0 Å². The first-order valence-corrected chi connectivity index (χ1v) is 7.06. The van der Waals surface area contributed by atoms with Gasteiger partial charge in [0.1, 0.15) is 16.6 Å². The smallest absolute Gasteiger partial charge is 0.136 e. The van der Waals surface area contributed by atoms with Crippen LogP contribution in [0.5, 0.6) is 0 Å². The molecule has 2 aromatic rings. The van der Waals surface area contributed by atoms with Crippen LogP contribution in [-0.2, 0) is 13.0 Å². The molecule has 0 aliphatic heterocycles. The number of halogens is 2. The van der Waals surface area contributed by atoms with E-state index < -0.39 is 11.6 Å². The second-order valence-electron chi connectivity index (χ2n) is 4.29. The molecule has 0 saturated heterocycles. The number of aromatic nitrogens is 1. The zero-order valence-corrected chi connectivity index (χ0v) is 11.8. The molecular formula is C14H16F2N2S. The van der Waals surface area contributed by atoms with Gasteiger partial charge in [-0.2, -0.15) is 0 Å². The molecule has 5 heteroatoms. The zero-order valence-electron chi connectivity index (χ0n) is 11.0. The molecule has 0 radical (unpaired) electrons. The highest BCUT2D eigenvalue weighted by atomic mass is 32.1. The Balaban J connectivity index is 2.41. The van der Waals surface area contributed by atoms with Gasteiger partial charge < -0.3 is 5.32 Å². The van der Waals surface area contributed by atoms with E-state index >= 15 is 0 Å². The van der Waals surface area contributed by atoms with Gasteiger partial charge in [0, 0.05) is 23.1 Å². The maximum Gasteiger partial charge on any atom is 0.136 e.